The lowest BCUT2D eigenvalue weighted by atomic mass is 10.1. The molecule has 6 nitrogen and oxygen atoms in total. The van der Waals surface area contributed by atoms with Crippen molar-refractivity contribution in [3.8, 4) is 0 Å². The number of ether oxygens (including phenoxy) is 2. The first-order valence-electron chi connectivity index (χ1n) is 6.42. The van der Waals surface area contributed by atoms with Gasteiger partial charge in [-0.2, -0.15) is 0 Å². The molecule has 19 heavy (non-hydrogen) atoms. The zero-order valence-corrected chi connectivity index (χ0v) is 13.0. The van der Waals surface area contributed by atoms with E-state index >= 15 is 0 Å². The first kappa shape index (κ1) is 18.7. The van der Waals surface area contributed by atoms with Crippen molar-refractivity contribution in [1.29, 1.82) is 0 Å². The molecule has 0 aliphatic carbocycles. The van der Waals surface area contributed by atoms with Crippen molar-refractivity contribution >= 4 is 13.4 Å². The van der Waals surface area contributed by atoms with Crippen LogP contribution in [0, 0.1) is 5.92 Å². The fourth-order valence-corrected chi connectivity index (χ4v) is 1.57. The van der Waals surface area contributed by atoms with Gasteiger partial charge in [0.1, 0.15) is 6.61 Å². The molecule has 0 rings (SSSR count). The van der Waals surface area contributed by atoms with E-state index in [9.17, 15) is 14.3 Å². The summed E-state index contributed by atoms with van der Waals surface area (Å²) < 4.78 is 26.5. The minimum absolute atomic E-state index is 0.0240. The Labute approximate surface area is 115 Å². The van der Waals surface area contributed by atoms with Crippen LogP contribution in [-0.2, 0) is 23.4 Å². The van der Waals surface area contributed by atoms with Crippen LogP contribution in [0.4, 0.5) is 0 Å². The zero-order valence-electron chi connectivity index (χ0n) is 12.1. The highest BCUT2D eigenvalue weighted by molar-refractivity contribution is 7.53. The highest BCUT2D eigenvalue weighted by Gasteiger charge is 2.23. The normalized spacial score (nSPS) is 14.9. The monoisotopic (exact) mass is 296 g/mol. The molecule has 0 aliphatic rings. The minimum atomic E-state index is -3.51. The molecule has 0 aromatic rings. The smallest absolute Gasteiger partial charge is 0.330 e. The summed E-state index contributed by atoms with van der Waals surface area (Å²) in [6, 6.07) is 0. The second kappa shape index (κ2) is 9.61. The van der Waals surface area contributed by atoms with Crippen LogP contribution in [0.1, 0.15) is 27.7 Å². The van der Waals surface area contributed by atoms with Crippen molar-refractivity contribution in [3.63, 3.8) is 0 Å². The predicted molar refractivity (Wildman–Crippen MR) is 72.4 cm³/mol. The molecule has 0 aromatic carbocycles. The fourth-order valence-electron chi connectivity index (χ4n) is 0.935. The standard InChI is InChI=1S/C12H25O6P/c1-10(2)12(13)9-17-6-5-16-7-8-18-19(14,15)11(3)4/h10-11H,5-9H2,1-4H3,(H,14,15). The highest BCUT2D eigenvalue weighted by Crippen LogP contribution is 2.46. The Balaban J connectivity index is 3.42. The van der Waals surface area contributed by atoms with E-state index in [-0.39, 0.29) is 31.5 Å². The van der Waals surface area contributed by atoms with Crippen molar-refractivity contribution in [2.24, 2.45) is 5.92 Å². The van der Waals surface area contributed by atoms with Gasteiger partial charge >= 0.3 is 7.60 Å². The quantitative estimate of drug-likeness (QED) is 0.463. The SMILES string of the molecule is CC(C)C(=O)COCCOCCOP(=O)(O)C(C)C. The number of carbonyl (C=O) groups excluding carboxylic acids is 1. The van der Waals surface area contributed by atoms with Gasteiger partial charge in [-0.1, -0.05) is 27.7 Å². The van der Waals surface area contributed by atoms with Crippen molar-refractivity contribution in [1.82, 2.24) is 0 Å². The molecule has 1 atom stereocenters. The molecule has 0 aromatic heterocycles. The Morgan fingerprint density at radius 2 is 1.58 bits per heavy atom. The summed E-state index contributed by atoms with van der Waals surface area (Å²) in [6.45, 7) is 7.92. The first-order chi connectivity index (χ1) is 8.77. The molecule has 114 valence electrons. The second-order valence-corrected chi connectivity index (χ2v) is 7.20. The fraction of sp³-hybridized carbons (Fsp3) is 0.917. The zero-order chi connectivity index (χ0) is 14.9. The lowest BCUT2D eigenvalue weighted by Gasteiger charge is -2.15. The van der Waals surface area contributed by atoms with E-state index in [2.05, 4.69) is 0 Å². The van der Waals surface area contributed by atoms with Crippen molar-refractivity contribution < 1.29 is 28.3 Å². The molecule has 0 saturated heterocycles. The van der Waals surface area contributed by atoms with Crippen molar-refractivity contribution in [2.75, 3.05) is 33.0 Å². The molecule has 0 saturated carbocycles. The summed E-state index contributed by atoms with van der Waals surface area (Å²) in [7, 11) is -3.51. The third kappa shape index (κ3) is 9.30. The number of rotatable bonds is 11. The Hall–Kier alpha value is -0.260. The Morgan fingerprint density at radius 1 is 1.05 bits per heavy atom. The third-order valence-corrected chi connectivity index (χ3v) is 4.27. The molecule has 0 bridgehead atoms. The molecule has 0 heterocycles. The van der Waals surface area contributed by atoms with Gasteiger partial charge in [-0.3, -0.25) is 9.36 Å². The van der Waals surface area contributed by atoms with Gasteiger partial charge in [0, 0.05) is 5.92 Å². The molecular formula is C12H25O6P. The van der Waals surface area contributed by atoms with Crippen LogP contribution < -0.4 is 0 Å². The Morgan fingerprint density at radius 3 is 2.11 bits per heavy atom. The van der Waals surface area contributed by atoms with Gasteiger partial charge < -0.3 is 18.9 Å². The maximum Gasteiger partial charge on any atom is 0.330 e. The molecule has 7 heteroatoms. The summed E-state index contributed by atoms with van der Waals surface area (Å²) >= 11 is 0. The van der Waals surface area contributed by atoms with Gasteiger partial charge in [0.25, 0.3) is 0 Å². The maximum absolute atomic E-state index is 11.4. The van der Waals surface area contributed by atoms with Gasteiger partial charge in [0.05, 0.1) is 32.1 Å². The topological polar surface area (TPSA) is 82.1 Å². The van der Waals surface area contributed by atoms with Crippen LogP contribution in [0.5, 0.6) is 0 Å². The summed E-state index contributed by atoms with van der Waals surface area (Å²) in [5.74, 6) is 0.0329. The molecule has 1 N–H and O–H groups in total. The summed E-state index contributed by atoms with van der Waals surface area (Å²) in [6.07, 6.45) is 0. The van der Waals surface area contributed by atoms with Crippen LogP contribution in [-0.4, -0.2) is 49.4 Å². The van der Waals surface area contributed by atoms with Crippen LogP contribution in [0.15, 0.2) is 0 Å². The van der Waals surface area contributed by atoms with E-state index in [1.807, 2.05) is 13.8 Å². The van der Waals surface area contributed by atoms with Gasteiger partial charge in [-0.15, -0.1) is 0 Å². The van der Waals surface area contributed by atoms with E-state index in [1.54, 1.807) is 13.8 Å². The van der Waals surface area contributed by atoms with Crippen LogP contribution in [0.25, 0.3) is 0 Å². The molecule has 0 amide bonds. The van der Waals surface area contributed by atoms with E-state index < -0.39 is 13.3 Å². The second-order valence-electron chi connectivity index (χ2n) is 4.78. The molecule has 1 unspecified atom stereocenters. The maximum atomic E-state index is 11.4. The van der Waals surface area contributed by atoms with Gasteiger partial charge in [0.2, 0.25) is 0 Å². The lowest BCUT2D eigenvalue weighted by Crippen LogP contribution is -2.17. The van der Waals surface area contributed by atoms with E-state index in [0.29, 0.717) is 13.2 Å². The van der Waals surface area contributed by atoms with E-state index in [4.69, 9.17) is 14.0 Å². The van der Waals surface area contributed by atoms with Crippen LogP contribution in [0.3, 0.4) is 0 Å². The van der Waals surface area contributed by atoms with Crippen LogP contribution in [0.2, 0.25) is 0 Å². The number of hydrogen-bond donors (Lipinski definition) is 1. The highest BCUT2D eigenvalue weighted by atomic mass is 31.2. The van der Waals surface area contributed by atoms with Gasteiger partial charge in [-0.25, -0.2) is 0 Å². The van der Waals surface area contributed by atoms with Gasteiger partial charge in [-0.05, 0) is 0 Å². The van der Waals surface area contributed by atoms with E-state index in [1.165, 1.54) is 0 Å². The summed E-state index contributed by atoms with van der Waals surface area (Å²) in [4.78, 5) is 20.6. The van der Waals surface area contributed by atoms with Crippen molar-refractivity contribution in [3.05, 3.63) is 0 Å². The summed E-state index contributed by atoms with van der Waals surface area (Å²) in [5, 5.41) is 0. The Kier molecular flexibility index (Phi) is 9.48. The Bertz CT molecular complexity index is 303. The van der Waals surface area contributed by atoms with Crippen LogP contribution >= 0.6 is 7.60 Å². The minimum Gasteiger partial charge on any atom is -0.377 e. The van der Waals surface area contributed by atoms with Crippen molar-refractivity contribution in [2.45, 2.75) is 33.4 Å². The number of hydrogen-bond acceptors (Lipinski definition) is 5. The molecule has 0 spiro atoms. The molecule has 0 aliphatic heterocycles. The number of ketones is 1. The molecular weight excluding hydrogens is 271 g/mol. The third-order valence-electron chi connectivity index (χ3n) is 2.42. The average Bonchev–Trinajstić information content (AvgIpc) is 2.31. The lowest BCUT2D eigenvalue weighted by molar-refractivity contribution is -0.127. The predicted octanol–water partition coefficient (Wildman–Crippen LogP) is 1.86. The van der Waals surface area contributed by atoms with Gasteiger partial charge in [0.15, 0.2) is 5.78 Å². The number of carbonyl (C=O) groups is 1. The average molecular weight is 296 g/mol. The first-order valence-corrected chi connectivity index (χ1v) is 8.07. The summed E-state index contributed by atoms with van der Waals surface area (Å²) in [5.41, 5.74) is -0.419. The molecule has 0 radical (unpaired) electrons. The largest absolute Gasteiger partial charge is 0.377 e. The van der Waals surface area contributed by atoms with E-state index in [0.717, 1.165) is 0 Å². The number of Topliss-reactive ketones (excluding diaryl/α,β-unsaturated/α-hetero) is 1. The molecule has 0 fully saturated rings.